The van der Waals surface area contributed by atoms with E-state index >= 15 is 0 Å². The summed E-state index contributed by atoms with van der Waals surface area (Å²) in [7, 11) is -3.01. The number of sulfone groups is 1. The second-order valence-corrected chi connectivity index (χ2v) is 10.9. The number of fused-ring (bicyclic) bond motifs is 1. The lowest BCUT2D eigenvalue weighted by molar-refractivity contribution is 0.0770. The summed E-state index contributed by atoms with van der Waals surface area (Å²) >= 11 is 0. The molecule has 1 N–H and O–H groups in total. The van der Waals surface area contributed by atoms with Crippen LogP contribution in [-0.4, -0.2) is 48.8 Å². The first-order valence-corrected chi connectivity index (χ1v) is 11.9. The summed E-state index contributed by atoms with van der Waals surface area (Å²) in [6.07, 6.45) is 3.69. The third-order valence-corrected chi connectivity index (χ3v) is 7.70. The monoisotopic (exact) mass is 413 g/mol. The Labute approximate surface area is 172 Å². The van der Waals surface area contributed by atoms with Gasteiger partial charge in [0.15, 0.2) is 9.84 Å². The number of carbonyl (C=O) groups is 1. The molecule has 2 aliphatic rings. The van der Waals surface area contributed by atoms with E-state index in [9.17, 15) is 13.2 Å². The molecule has 0 spiro atoms. The molecule has 1 fully saturated rings. The lowest BCUT2D eigenvalue weighted by Gasteiger charge is -2.37. The Balaban J connectivity index is 1.46. The molecule has 1 aromatic carbocycles. The molecule has 1 aliphatic heterocycles. The summed E-state index contributed by atoms with van der Waals surface area (Å²) in [5.74, 6) is 0.637. The standard InChI is InChI=1S/C22H27N3O3S/c1-22(2)10-9-19(17-5-3-4-6-18(17)22)24-20-8-7-16(15-23-20)21(26)25-11-13-29(27,28)14-12-25/h3-8,15,19H,9-14H2,1-2H3,(H,23,24). The van der Waals surface area contributed by atoms with Crippen LogP contribution in [0.15, 0.2) is 42.6 Å². The lowest BCUT2D eigenvalue weighted by Crippen LogP contribution is -2.43. The summed E-state index contributed by atoms with van der Waals surface area (Å²) in [5, 5.41) is 3.52. The van der Waals surface area contributed by atoms with Crippen molar-refractivity contribution in [1.29, 1.82) is 0 Å². The van der Waals surface area contributed by atoms with E-state index in [1.165, 1.54) is 11.1 Å². The van der Waals surface area contributed by atoms with Gasteiger partial charge in [-0.05, 0) is 41.5 Å². The van der Waals surface area contributed by atoms with Crippen LogP contribution >= 0.6 is 0 Å². The second-order valence-electron chi connectivity index (χ2n) is 8.58. The largest absolute Gasteiger partial charge is 0.363 e. The Morgan fingerprint density at radius 3 is 2.55 bits per heavy atom. The first-order chi connectivity index (χ1) is 13.8. The van der Waals surface area contributed by atoms with E-state index in [2.05, 4.69) is 48.4 Å². The summed E-state index contributed by atoms with van der Waals surface area (Å²) in [6.45, 7) is 5.06. The van der Waals surface area contributed by atoms with Gasteiger partial charge in [0, 0.05) is 19.3 Å². The molecule has 0 radical (unpaired) electrons. The van der Waals surface area contributed by atoms with E-state index in [1.807, 2.05) is 6.07 Å². The molecule has 6 nitrogen and oxygen atoms in total. The fraction of sp³-hybridized carbons (Fsp3) is 0.455. The maximum atomic E-state index is 12.6. The zero-order valence-electron chi connectivity index (χ0n) is 16.9. The number of nitrogens with zero attached hydrogens (tertiary/aromatic N) is 2. The number of aromatic nitrogens is 1. The van der Waals surface area contributed by atoms with Crippen molar-refractivity contribution >= 4 is 21.6 Å². The van der Waals surface area contributed by atoms with Gasteiger partial charge in [-0.2, -0.15) is 0 Å². The third-order valence-electron chi connectivity index (χ3n) is 6.09. The van der Waals surface area contributed by atoms with Gasteiger partial charge in [-0.1, -0.05) is 38.1 Å². The quantitative estimate of drug-likeness (QED) is 0.836. The molecule has 0 saturated carbocycles. The smallest absolute Gasteiger partial charge is 0.255 e. The highest BCUT2D eigenvalue weighted by atomic mass is 32.2. The predicted octanol–water partition coefficient (Wildman–Crippen LogP) is 3.18. The van der Waals surface area contributed by atoms with E-state index < -0.39 is 9.84 Å². The van der Waals surface area contributed by atoms with Crippen LogP contribution in [0.5, 0.6) is 0 Å². The number of hydrogen-bond acceptors (Lipinski definition) is 5. The van der Waals surface area contributed by atoms with Gasteiger partial charge in [-0.25, -0.2) is 13.4 Å². The molecule has 1 unspecified atom stereocenters. The fourth-order valence-electron chi connectivity index (χ4n) is 4.24. The number of pyridine rings is 1. The highest BCUT2D eigenvalue weighted by molar-refractivity contribution is 7.91. The first-order valence-electron chi connectivity index (χ1n) is 10.1. The van der Waals surface area contributed by atoms with Crippen LogP contribution in [0, 0.1) is 0 Å². The van der Waals surface area contributed by atoms with Crippen LogP contribution in [0.25, 0.3) is 0 Å². The van der Waals surface area contributed by atoms with E-state index in [0.717, 1.165) is 18.7 Å². The van der Waals surface area contributed by atoms with Crippen molar-refractivity contribution < 1.29 is 13.2 Å². The Morgan fingerprint density at radius 2 is 1.86 bits per heavy atom. The normalized spacial score (nSPS) is 22.6. The molecule has 2 heterocycles. The third kappa shape index (κ3) is 4.15. The summed E-state index contributed by atoms with van der Waals surface area (Å²) < 4.78 is 23.1. The number of benzene rings is 1. The number of hydrogen-bond donors (Lipinski definition) is 1. The molecular formula is C22H27N3O3S. The fourth-order valence-corrected chi connectivity index (χ4v) is 5.45. The zero-order chi connectivity index (χ0) is 20.6. The minimum atomic E-state index is -3.01. The predicted molar refractivity (Wildman–Crippen MR) is 114 cm³/mol. The molecule has 1 atom stereocenters. The molecule has 4 rings (SSSR count). The van der Waals surface area contributed by atoms with Gasteiger partial charge in [0.25, 0.3) is 5.91 Å². The lowest BCUT2D eigenvalue weighted by atomic mass is 9.71. The van der Waals surface area contributed by atoms with Crippen LogP contribution in [0.3, 0.4) is 0 Å². The van der Waals surface area contributed by atoms with Gasteiger partial charge in [0.2, 0.25) is 0 Å². The molecule has 1 saturated heterocycles. The number of carbonyl (C=O) groups excluding carboxylic acids is 1. The van der Waals surface area contributed by atoms with Crippen LogP contribution in [0.1, 0.15) is 54.2 Å². The number of rotatable bonds is 3. The zero-order valence-corrected chi connectivity index (χ0v) is 17.7. The molecular weight excluding hydrogens is 386 g/mol. The van der Waals surface area contributed by atoms with Crippen molar-refractivity contribution in [2.75, 3.05) is 29.9 Å². The molecule has 1 amide bonds. The van der Waals surface area contributed by atoms with Crippen LogP contribution in [-0.2, 0) is 15.3 Å². The average Bonchev–Trinajstić information content (AvgIpc) is 2.70. The molecule has 1 aliphatic carbocycles. The molecule has 154 valence electrons. The first kappa shape index (κ1) is 19.9. The van der Waals surface area contributed by atoms with Crippen LogP contribution in [0.4, 0.5) is 5.82 Å². The minimum absolute atomic E-state index is 0.0310. The topological polar surface area (TPSA) is 79.4 Å². The minimum Gasteiger partial charge on any atom is -0.363 e. The van der Waals surface area contributed by atoms with Crippen molar-refractivity contribution in [3.05, 3.63) is 59.3 Å². The van der Waals surface area contributed by atoms with E-state index in [-0.39, 0.29) is 42.0 Å². The summed E-state index contributed by atoms with van der Waals surface area (Å²) in [4.78, 5) is 18.7. The van der Waals surface area contributed by atoms with Crippen LogP contribution < -0.4 is 5.32 Å². The van der Waals surface area contributed by atoms with Gasteiger partial charge >= 0.3 is 0 Å². The molecule has 29 heavy (non-hydrogen) atoms. The number of nitrogens with one attached hydrogen (secondary N) is 1. The average molecular weight is 414 g/mol. The van der Waals surface area contributed by atoms with Gasteiger partial charge in [0.05, 0.1) is 23.1 Å². The van der Waals surface area contributed by atoms with Gasteiger partial charge < -0.3 is 10.2 Å². The van der Waals surface area contributed by atoms with Gasteiger partial charge in [0.1, 0.15) is 5.82 Å². The molecule has 2 aromatic rings. The summed E-state index contributed by atoms with van der Waals surface area (Å²) in [6, 6.07) is 12.3. The van der Waals surface area contributed by atoms with Gasteiger partial charge in [-0.3, -0.25) is 4.79 Å². The number of anilines is 1. The van der Waals surface area contributed by atoms with Gasteiger partial charge in [-0.15, -0.1) is 0 Å². The Bertz CT molecular complexity index is 1000. The Morgan fingerprint density at radius 1 is 1.14 bits per heavy atom. The highest BCUT2D eigenvalue weighted by Crippen LogP contribution is 2.42. The maximum Gasteiger partial charge on any atom is 0.255 e. The molecule has 0 bridgehead atoms. The van der Waals surface area contributed by atoms with Crippen molar-refractivity contribution in [3.8, 4) is 0 Å². The van der Waals surface area contributed by atoms with Crippen molar-refractivity contribution in [2.45, 2.75) is 38.1 Å². The second kappa shape index (κ2) is 7.44. The van der Waals surface area contributed by atoms with E-state index in [0.29, 0.717) is 5.56 Å². The number of amides is 1. The molecule has 1 aromatic heterocycles. The van der Waals surface area contributed by atoms with Crippen molar-refractivity contribution in [3.63, 3.8) is 0 Å². The van der Waals surface area contributed by atoms with Crippen molar-refractivity contribution in [2.24, 2.45) is 0 Å². The van der Waals surface area contributed by atoms with Crippen LogP contribution in [0.2, 0.25) is 0 Å². The highest BCUT2D eigenvalue weighted by Gasteiger charge is 2.32. The van der Waals surface area contributed by atoms with Crippen molar-refractivity contribution in [1.82, 2.24) is 9.88 Å². The van der Waals surface area contributed by atoms with E-state index in [4.69, 9.17) is 0 Å². The Kier molecular flexibility index (Phi) is 5.11. The molecule has 7 heteroatoms. The Hall–Kier alpha value is -2.41. The maximum absolute atomic E-state index is 12.6. The summed E-state index contributed by atoms with van der Waals surface area (Å²) in [5.41, 5.74) is 3.33. The SMILES string of the molecule is CC1(C)CCC(Nc2ccc(C(=O)N3CCS(=O)(=O)CC3)cn2)c2ccccc21. The van der Waals surface area contributed by atoms with E-state index in [1.54, 1.807) is 17.2 Å².